The first-order valence-electron chi connectivity index (χ1n) is 8.25. The third-order valence-electron chi connectivity index (χ3n) is 3.29. The Balaban J connectivity index is 2.29. The highest BCUT2D eigenvalue weighted by Gasteiger charge is 2.14. The zero-order valence-electron chi connectivity index (χ0n) is 14.1. The zero-order chi connectivity index (χ0) is 16.9. The van der Waals surface area contributed by atoms with Crippen molar-refractivity contribution < 1.29 is 14.3 Å². The van der Waals surface area contributed by atoms with Crippen LogP contribution in [-0.2, 0) is 9.53 Å². The number of carbonyl (C=O) groups is 1. The molecule has 0 spiro atoms. The average molecular weight is 359 g/mol. The lowest BCUT2D eigenvalue weighted by Gasteiger charge is -2.18. The maximum atomic E-state index is 11.2. The van der Waals surface area contributed by atoms with Gasteiger partial charge in [-0.25, -0.2) is 0 Å². The molecule has 23 heavy (non-hydrogen) atoms. The van der Waals surface area contributed by atoms with Gasteiger partial charge in [0.1, 0.15) is 18.5 Å². The fraction of sp³-hybridized carbons (Fsp3) is 0.611. The number of thioether (sulfide) groups is 1. The van der Waals surface area contributed by atoms with Gasteiger partial charge >= 0.3 is 5.97 Å². The summed E-state index contributed by atoms with van der Waals surface area (Å²) in [5, 5.41) is 0.567. The monoisotopic (exact) mass is 358 g/mol. The molecule has 130 valence electrons. The third-order valence-corrected chi connectivity index (χ3v) is 4.79. The molecule has 1 aromatic carbocycles. The molecule has 5 heteroatoms. The summed E-state index contributed by atoms with van der Waals surface area (Å²) in [4.78, 5) is 11.2. The summed E-state index contributed by atoms with van der Waals surface area (Å²) in [5.74, 6) is 2.18. The SMILES string of the molecule is CCCCCCCSCC(COc1ccccc1Cl)OC(C)=O. The van der Waals surface area contributed by atoms with Crippen LogP contribution in [0.3, 0.4) is 0 Å². The molecule has 1 rings (SSSR count). The number of carbonyl (C=O) groups excluding carboxylic acids is 1. The molecule has 1 aromatic rings. The van der Waals surface area contributed by atoms with Gasteiger partial charge in [0, 0.05) is 12.7 Å². The van der Waals surface area contributed by atoms with Gasteiger partial charge in [-0.3, -0.25) is 4.79 Å². The van der Waals surface area contributed by atoms with Crippen LogP contribution in [0.25, 0.3) is 0 Å². The predicted molar refractivity (Wildman–Crippen MR) is 98.6 cm³/mol. The minimum absolute atomic E-state index is 0.246. The van der Waals surface area contributed by atoms with E-state index in [1.54, 1.807) is 6.07 Å². The Morgan fingerprint density at radius 1 is 1.22 bits per heavy atom. The van der Waals surface area contributed by atoms with E-state index in [2.05, 4.69) is 6.92 Å². The molecule has 0 aliphatic heterocycles. The first-order chi connectivity index (χ1) is 11.1. The molecule has 0 radical (unpaired) electrons. The summed E-state index contributed by atoms with van der Waals surface area (Å²) >= 11 is 7.87. The van der Waals surface area contributed by atoms with Crippen molar-refractivity contribution in [2.45, 2.75) is 52.1 Å². The Morgan fingerprint density at radius 2 is 1.96 bits per heavy atom. The van der Waals surface area contributed by atoms with Gasteiger partial charge in [-0.1, -0.05) is 56.3 Å². The van der Waals surface area contributed by atoms with Crippen LogP contribution in [-0.4, -0.2) is 30.2 Å². The molecule has 0 heterocycles. The van der Waals surface area contributed by atoms with Gasteiger partial charge in [0.25, 0.3) is 0 Å². The minimum atomic E-state index is -0.277. The molecule has 1 atom stereocenters. The summed E-state index contributed by atoms with van der Waals surface area (Å²) < 4.78 is 11.0. The van der Waals surface area contributed by atoms with E-state index >= 15 is 0 Å². The second-order valence-electron chi connectivity index (χ2n) is 5.46. The van der Waals surface area contributed by atoms with Crippen LogP contribution >= 0.6 is 23.4 Å². The van der Waals surface area contributed by atoms with Gasteiger partial charge in [0.2, 0.25) is 0 Å². The second kappa shape index (κ2) is 12.5. The lowest BCUT2D eigenvalue weighted by atomic mass is 10.2. The van der Waals surface area contributed by atoms with Gasteiger partial charge in [-0.2, -0.15) is 11.8 Å². The molecule has 0 bridgehead atoms. The van der Waals surface area contributed by atoms with E-state index in [4.69, 9.17) is 21.1 Å². The van der Waals surface area contributed by atoms with Gasteiger partial charge in [0.15, 0.2) is 0 Å². The summed E-state index contributed by atoms with van der Waals surface area (Å²) in [7, 11) is 0. The van der Waals surface area contributed by atoms with Crippen LogP contribution in [0.4, 0.5) is 0 Å². The molecule has 0 fully saturated rings. The van der Waals surface area contributed by atoms with Crippen molar-refractivity contribution in [3.8, 4) is 5.75 Å². The van der Waals surface area contributed by atoms with Crippen molar-refractivity contribution in [2.75, 3.05) is 18.1 Å². The van der Waals surface area contributed by atoms with Crippen LogP contribution in [0.2, 0.25) is 5.02 Å². The number of esters is 1. The number of benzene rings is 1. The van der Waals surface area contributed by atoms with E-state index in [1.807, 2.05) is 30.0 Å². The number of hydrogen-bond acceptors (Lipinski definition) is 4. The van der Waals surface area contributed by atoms with Gasteiger partial charge in [-0.15, -0.1) is 0 Å². The summed E-state index contributed by atoms with van der Waals surface area (Å²) in [6.07, 6.45) is 6.12. The molecule has 3 nitrogen and oxygen atoms in total. The van der Waals surface area contributed by atoms with E-state index < -0.39 is 0 Å². The Hall–Kier alpha value is -0.870. The fourth-order valence-corrected chi connectivity index (χ4v) is 3.31. The van der Waals surface area contributed by atoms with Crippen molar-refractivity contribution in [1.82, 2.24) is 0 Å². The van der Waals surface area contributed by atoms with Crippen molar-refractivity contribution >= 4 is 29.3 Å². The number of hydrogen-bond donors (Lipinski definition) is 0. The van der Waals surface area contributed by atoms with Crippen LogP contribution in [0.5, 0.6) is 5.75 Å². The number of rotatable bonds is 12. The van der Waals surface area contributed by atoms with E-state index in [0.29, 0.717) is 17.4 Å². The topological polar surface area (TPSA) is 35.5 Å². The quantitative estimate of drug-likeness (QED) is 0.372. The Labute approximate surface area is 149 Å². The lowest BCUT2D eigenvalue weighted by molar-refractivity contribution is -0.146. The molecule has 0 amide bonds. The Morgan fingerprint density at radius 3 is 2.65 bits per heavy atom. The normalized spacial score (nSPS) is 12.0. The van der Waals surface area contributed by atoms with Gasteiger partial charge in [-0.05, 0) is 24.3 Å². The van der Waals surface area contributed by atoms with Crippen LogP contribution in [0.15, 0.2) is 24.3 Å². The van der Waals surface area contributed by atoms with E-state index in [1.165, 1.54) is 39.0 Å². The first-order valence-corrected chi connectivity index (χ1v) is 9.79. The zero-order valence-corrected chi connectivity index (χ0v) is 15.6. The number of halogens is 1. The molecule has 0 aliphatic rings. The molecule has 1 unspecified atom stereocenters. The van der Waals surface area contributed by atoms with E-state index in [-0.39, 0.29) is 12.1 Å². The maximum absolute atomic E-state index is 11.2. The number of para-hydroxylation sites is 1. The van der Waals surface area contributed by atoms with Crippen molar-refractivity contribution in [2.24, 2.45) is 0 Å². The minimum Gasteiger partial charge on any atom is -0.488 e. The van der Waals surface area contributed by atoms with E-state index in [9.17, 15) is 4.79 Å². The Kier molecular flexibility index (Phi) is 11.0. The number of unbranched alkanes of at least 4 members (excludes halogenated alkanes) is 4. The van der Waals surface area contributed by atoms with Gasteiger partial charge in [0.05, 0.1) is 5.02 Å². The standard InChI is InChI=1S/C18H27ClO3S/c1-3-4-5-6-9-12-23-14-16(22-15(2)20)13-21-18-11-8-7-10-17(18)19/h7-8,10-11,16H,3-6,9,12-14H2,1-2H3. The number of ether oxygens (including phenoxy) is 2. The van der Waals surface area contributed by atoms with Crippen LogP contribution < -0.4 is 4.74 Å². The van der Waals surface area contributed by atoms with Crippen LogP contribution in [0.1, 0.15) is 46.0 Å². The molecule has 0 aromatic heterocycles. The highest BCUT2D eigenvalue weighted by atomic mass is 35.5. The Bertz CT molecular complexity index is 454. The highest BCUT2D eigenvalue weighted by molar-refractivity contribution is 7.99. The largest absolute Gasteiger partial charge is 0.488 e. The first kappa shape index (κ1) is 20.2. The van der Waals surface area contributed by atoms with Crippen molar-refractivity contribution in [3.63, 3.8) is 0 Å². The lowest BCUT2D eigenvalue weighted by Crippen LogP contribution is -2.26. The molecular formula is C18H27ClO3S. The van der Waals surface area contributed by atoms with Crippen LogP contribution in [0, 0.1) is 0 Å². The molecule has 0 saturated heterocycles. The highest BCUT2D eigenvalue weighted by Crippen LogP contribution is 2.23. The second-order valence-corrected chi connectivity index (χ2v) is 7.02. The van der Waals surface area contributed by atoms with Gasteiger partial charge < -0.3 is 9.47 Å². The van der Waals surface area contributed by atoms with Crippen molar-refractivity contribution in [3.05, 3.63) is 29.3 Å². The average Bonchev–Trinajstić information content (AvgIpc) is 2.52. The van der Waals surface area contributed by atoms with Crippen molar-refractivity contribution in [1.29, 1.82) is 0 Å². The summed E-state index contributed by atoms with van der Waals surface area (Å²) in [6.45, 7) is 3.97. The molecular weight excluding hydrogens is 332 g/mol. The predicted octanol–water partition coefficient (Wildman–Crippen LogP) is 5.35. The smallest absolute Gasteiger partial charge is 0.303 e. The fourth-order valence-electron chi connectivity index (χ4n) is 2.12. The molecule has 0 aliphatic carbocycles. The molecule has 0 N–H and O–H groups in total. The third kappa shape index (κ3) is 9.77. The molecule has 0 saturated carbocycles. The van der Waals surface area contributed by atoms with E-state index in [0.717, 1.165) is 11.5 Å². The maximum Gasteiger partial charge on any atom is 0.303 e. The summed E-state index contributed by atoms with van der Waals surface area (Å²) in [5.41, 5.74) is 0. The summed E-state index contributed by atoms with van der Waals surface area (Å²) in [6, 6.07) is 7.32.